The molecule has 0 saturated carbocycles. The molecule has 0 aromatic heterocycles. The molecule has 18 heavy (non-hydrogen) atoms. The van der Waals surface area contributed by atoms with Crippen LogP contribution in [0.25, 0.3) is 11.1 Å². The van der Waals surface area contributed by atoms with Crippen molar-refractivity contribution in [3.63, 3.8) is 0 Å². The number of carboxylic acids is 1. The average molecular weight is 243 g/mol. The summed E-state index contributed by atoms with van der Waals surface area (Å²) in [6.45, 7) is 1.48. The van der Waals surface area contributed by atoms with E-state index in [2.05, 4.69) is 0 Å². The molecule has 1 atom stereocenters. The molecular formula is C15H12FO2-. The summed E-state index contributed by atoms with van der Waals surface area (Å²) in [5.41, 5.74) is 1.64. The summed E-state index contributed by atoms with van der Waals surface area (Å²) in [5, 5.41) is 10.7. The van der Waals surface area contributed by atoms with Gasteiger partial charge in [0, 0.05) is 17.5 Å². The quantitative estimate of drug-likeness (QED) is 0.830. The van der Waals surface area contributed by atoms with E-state index in [0.717, 1.165) is 5.56 Å². The van der Waals surface area contributed by atoms with Crippen molar-refractivity contribution >= 4 is 5.97 Å². The molecule has 2 nitrogen and oxygen atoms in total. The second kappa shape index (κ2) is 5.00. The van der Waals surface area contributed by atoms with E-state index < -0.39 is 17.7 Å². The van der Waals surface area contributed by atoms with Crippen LogP contribution in [0.4, 0.5) is 4.39 Å². The Morgan fingerprint density at radius 3 is 2.39 bits per heavy atom. The van der Waals surface area contributed by atoms with Gasteiger partial charge in [-0.05, 0) is 17.2 Å². The zero-order valence-electron chi connectivity index (χ0n) is 9.89. The summed E-state index contributed by atoms with van der Waals surface area (Å²) in [4.78, 5) is 10.7. The molecule has 0 heterocycles. The number of hydrogen-bond donors (Lipinski definition) is 0. The van der Waals surface area contributed by atoms with Gasteiger partial charge in [-0.1, -0.05) is 49.4 Å². The van der Waals surface area contributed by atoms with Crippen molar-refractivity contribution in [3.05, 3.63) is 59.9 Å². The van der Waals surface area contributed by atoms with Crippen LogP contribution >= 0.6 is 0 Å². The first kappa shape index (κ1) is 12.3. The molecule has 0 unspecified atom stereocenters. The van der Waals surface area contributed by atoms with Crippen LogP contribution in [0.15, 0.2) is 48.5 Å². The zero-order chi connectivity index (χ0) is 13.1. The van der Waals surface area contributed by atoms with Crippen molar-refractivity contribution in [3.8, 4) is 11.1 Å². The Kier molecular flexibility index (Phi) is 3.42. The third-order valence-corrected chi connectivity index (χ3v) is 2.93. The van der Waals surface area contributed by atoms with Crippen LogP contribution in [0, 0.1) is 5.82 Å². The molecule has 0 aliphatic rings. The van der Waals surface area contributed by atoms with Crippen LogP contribution < -0.4 is 5.11 Å². The summed E-state index contributed by atoms with van der Waals surface area (Å²) in [6, 6.07) is 13.6. The number of hydrogen-bond acceptors (Lipinski definition) is 2. The van der Waals surface area contributed by atoms with Crippen molar-refractivity contribution < 1.29 is 14.3 Å². The molecule has 0 bridgehead atoms. The molecule has 3 heteroatoms. The van der Waals surface area contributed by atoms with E-state index in [-0.39, 0.29) is 0 Å². The smallest absolute Gasteiger partial charge is 0.131 e. The number of carbonyl (C=O) groups is 1. The monoisotopic (exact) mass is 243 g/mol. The molecule has 2 rings (SSSR count). The lowest BCUT2D eigenvalue weighted by molar-refractivity contribution is -0.307. The normalized spacial score (nSPS) is 12.1. The highest BCUT2D eigenvalue weighted by Gasteiger charge is 2.10. The van der Waals surface area contributed by atoms with Gasteiger partial charge in [0.15, 0.2) is 0 Å². The molecule has 0 aliphatic carbocycles. The van der Waals surface area contributed by atoms with Gasteiger partial charge in [0.2, 0.25) is 0 Å². The minimum atomic E-state index is -1.21. The number of benzene rings is 2. The van der Waals surface area contributed by atoms with Crippen LogP contribution in [0.5, 0.6) is 0 Å². The largest absolute Gasteiger partial charge is 0.550 e. The Morgan fingerprint density at radius 2 is 1.83 bits per heavy atom. The summed E-state index contributed by atoms with van der Waals surface area (Å²) in [7, 11) is 0. The lowest BCUT2D eigenvalue weighted by atomic mass is 9.97. The Bertz CT molecular complexity index is 564. The van der Waals surface area contributed by atoms with Gasteiger partial charge in [-0.25, -0.2) is 4.39 Å². The van der Waals surface area contributed by atoms with Gasteiger partial charge in [0.05, 0.1) is 0 Å². The van der Waals surface area contributed by atoms with E-state index in [1.807, 2.05) is 18.2 Å². The maximum atomic E-state index is 13.9. The zero-order valence-corrected chi connectivity index (χ0v) is 9.89. The molecular weight excluding hydrogens is 231 g/mol. The highest BCUT2D eigenvalue weighted by molar-refractivity contribution is 5.74. The Labute approximate surface area is 105 Å². The molecule has 92 valence electrons. The third-order valence-electron chi connectivity index (χ3n) is 2.93. The Balaban J connectivity index is 2.40. The van der Waals surface area contributed by atoms with Crippen molar-refractivity contribution in [2.45, 2.75) is 12.8 Å². The second-order valence-electron chi connectivity index (χ2n) is 4.15. The number of halogens is 1. The highest BCUT2D eigenvalue weighted by atomic mass is 19.1. The summed E-state index contributed by atoms with van der Waals surface area (Å²) < 4.78 is 13.9. The molecule has 0 fully saturated rings. The fourth-order valence-electron chi connectivity index (χ4n) is 1.79. The topological polar surface area (TPSA) is 40.1 Å². The predicted octanol–water partition coefficient (Wildman–Crippen LogP) is 2.35. The van der Waals surface area contributed by atoms with Crippen LogP contribution in [0.2, 0.25) is 0 Å². The predicted molar refractivity (Wildman–Crippen MR) is 65.3 cm³/mol. The van der Waals surface area contributed by atoms with Crippen LogP contribution in [0.3, 0.4) is 0 Å². The minimum Gasteiger partial charge on any atom is -0.550 e. The van der Waals surface area contributed by atoms with E-state index in [4.69, 9.17) is 0 Å². The van der Waals surface area contributed by atoms with E-state index in [0.29, 0.717) is 11.1 Å². The first-order valence-electron chi connectivity index (χ1n) is 5.65. The maximum absolute atomic E-state index is 13.9. The highest BCUT2D eigenvalue weighted by Crippen LogP contribution is 2.25. The molecule has 0 radical (unpaired) electrons. The van der Waals surface area contributed by atoms with Crippen molar-refractivity contribution in [1.82, 2.24) is 0 Å². The summed E-state index contributed by atoms with van der Waals surface area (Å²) in [5.74, 6) is -2.45. The van der Waals surface area contributed by atoms with E-state index in [1.165, 1.54) is 13.0 Å². The van der Waals surface area contributed by atoms with Gasteiger partial charge in [-0.15, -0.1) is 0 Å². The summed E-state index contributed by atoms with van der Waals surface area (Å²) >= 11 is 0. The standard InChI is InChI=1S/C15H13FO2/c1-10(15(17)18)12-7-8-13(14(16)9-12)11-5-3-2-4-6-11/h2-10H,1H3,(H,17,18)/p-1/t10-/m0/s1. The second-order valence-corrected chi connectivity index (χ2v) is 4.15. The van der Waals surface area contributed by atoms with Crippen molar-refractivity contribution in [1.29, 1.82) is 0 Å². The molecule has 0 N–H and O–H groups in total. The lowest BCUT2D eigenvalue weighted by Gasteiger charge is -2.14. The van der Waals surface area contributed by atoms with Gasteiger partial charge in [-0.3, -0.25) is 0 Å². The van der Waals surface area contributed by atoms with Crippen LogP contribution in [-0.2, 0) is 4.79 Å². The van der Waals surface area contributed by atoms with Crippen LogP contribution in [-0.4, -0.2) is 5.97 Å². The number of carboxylic acid groups (broad SMARTS) is 1. The van der Waals surface area contributed by atoms with Gasteiger partial charge in [0.25, 0.3) is 0 Å². The van der Waals surface area contributed by atoms with Gasteiger partial charge >= 0.3 is 0 Å². The molecule has 0 spiro atoms. The first-order valence-corrected chi connectivity index (χ1v) is 5.65. The Morgan fingerprint density at radius 1 is 1.17 bits per heavy atom. The van der Waals surface area contributed by atoms with Gasteiger partial charge in [-0.2, -0.15) is 0 Å². The van der Waals surface area contributed by atoms with Gasteiger partial charge < -0.3 is 9.90 Å². The molecule has 0 saturated heterocycles. The maximum Gasteiger partial charge on any atom is 0.131 e. The number of rotatable bonds is 3. The van der Waals surface area contributed by atoms with E-state index >= 15 is 0 Å². The lowest BCUT2D eigenvalue weighted by Crippen LogP contribution is -2.28. The third kappa shape index (κ3) is 2.40. The van der Waals surface area contributed by atoms with Crippen molar-refractivity contribution in [2.24, 2.45) is 0 Å². The van der Waals surface area contributed by atoms with Crippen LogP contribution in [0.1, 0.15) is 18.4 Å². The summed E-state index contributed by atoms with van der Waals surface area (Å²) in [6.07, 6.45) is 0. The molecule has 0 aliphatic heterocycles. The van der Waals surface area contributed by atoms with Gasteiger partial charge in [0.1, 0.15) is 5.82 Å². The molecule has 2 aromatic rings. The fourth-order valence-corrected chi connectivity index (χ4v) is 1.79. The first-order chi connectivity index (χ1) is 8.59. The van der Waals surface area contributed by atoms with E-state index in [9.17, 15) is 14.3 Å². The molecule has 0 amide bonds. The molecule has 2 aromatic carbocycles. The SMILES string of the molecule is C[C@H](C(=O)[O-])c1ccc(-c2ccccc2)c(F)c1. The number of aliphatic carboxylic acids is 1. The number of carbonyl (C=O) groups excluding carboxylic acids is 1. The Hall–Kier alpha value is -2.16. The average Bonchev–Trinajstić information content (AvgIpc) is 2.38. The minimum absolute atomic E-state index is 0.409. The van der Waals surface area contributed by atoms with Crippen molar-refractivity contribution in [2.75, 3.05) is 0 Å². The van der Waals surface area contributed by atoms with E-state index in [1.54, 1.807) is 24.3 Å². The fraction of sp³-hybridized carbons (Fsp3) is 0.133.